The van der Waals surface area contributed by atoms with Crippen molar-refractivity contribution in [2.24, 2.45) is 0 Å². The van der Waals surface area contributed by atoms with Crippen molar-refractivity contribution in [3.8, 4) is 0 Å². The van der Waals surface area contributed by atoms with Gasteiger partial charge < -0.3 is 13.3 Å². The lowest BCUT2D eigenvalue weighted by Gasteiger charge is -2.30. The van der Waals surface area contributed by atoms with Crippen LogP contribution >= 0.6 is 0 Å². The molecule has 0 aliphatic rings. The van der Waals surface area contributed by atoms with Crippen LogP contribution < -0.4 is 0 Å². The monoisotopic (exact) mass is 407 g/mol. The average molecular weight is 408 g/mol. The van der Waals surface area contributed by atoms with Crippen molar-refractivity contribution < 1.29 is 13.3 Å². The van der Waals surface area contributed by atoms with Crippen LogP contribution in [0.5, 0.6) is 0 Å². The molecule has 0 bridgehead atoms. The lowest BCUT2D eigenvalue weighted by atomic mass is 10.2. The third-order valence-corrected chi connectivity index (χ3v) is 7.50. The van der Waals surface area contributed by atoms with E-state index in [0.717, 1.165) is 18.7 Å². The first-order valence-corrected chi connectivity index (χ1v) is 11.7. The zero-order valence-corrected chi connectivity index (χ0v) is 18.2. The third kappa shape index (κ3) is 6.63. The highest BCUT2D eigenvalue weighted by molar-refractivity contribution is 6.60. The minimum absolute atomic E-state index is 0.435. The van der Waals surface area contributed by atoms with Crippen molar-refractivity contribution in [3.05, 3.63) is 108 Å². The van der Waals surface area contributed by atoms with E-state index in [1.807, 2.05) is 30.3 Å². The second-order valence-electron chi connectivity index (χ2n) is 6.99. The van der Waals surface area contributed by atoms with Crippen LogP contribution in [-0.4, -0.2) is 34.7 Å². The molecule has 0 aromatic heterocycles. The molecule has 4 nitrogen and oxygen atoms in total. The van der Waals surface area contributed by atoms with Gasteiger partial charge in [0.05, 0.1) is 6.73 Å². The van der Waals surface area contributed by atoms with Crippen molar-refractivity contribution in [2.45, 2.75) is 19.1 Å². The summed E-state index contributed by atoms with van der Waals surface area (Å²) in [6.45, 7) is 2.02. The van der Waals surface area contributed by atoms with Gasteiger partial charge in [0.15, 0.2) is 0 Å². The van der Waals surface area contributed by atoms with Gasteiger partial charge in [-0.3, -0.25) is 4.90 Å². The molecule has 29 heavy (non-hydrogen) atoms. The van der Waals surface area contributed by atoms with Crippen LogP contribution in [-0.2, 0) is 32.4 Å². The Morgan fingerprint density at radius 3 is 1.45 bits per heavy atom. The molecule has 0 aliphatic carbocycles. The van der Waals surface area contributed by atoms with Gasteiger partial charge in [0.1, 0.15) is 0 Å². The lowest BCUT2D eigenvalue weighted by molar-refractivity contribution is 0.0291. The smallest absolute Gasteiger partial charge is 0.377 e. The van der Waals surface area contributed by atoms with Crippen LogP contribution in [0.15, 0.2) is 91.0 Å². The summed E-state index contributed by atoms with van der Waals surface area (Å²) in [5.41, 5.74) is 3.65. The Morgan fingerprint density at radius 2 is 1.03 bits per heavy atom. The van der Waals surface area contributed by atoms with E-state index in [-0.39, 0.29) is 0 Å². The summed E-state index contributed by atoms with van der Waals surface area (Å²) in [6, 6.07) is 31.7. The maximum Gasteiger partial charge on any atom is 0.506 e. The van der Waals surface area contributed by atoms with Crippen molar-refractivity contribution in [3.63, 3.8) is 0 Å². The van der Waals surface area contributed by atoms with E-state index >= 15 is 0 Å². The molecular formula is C24H29NO3Si. The molecule has 3 aromatic carbocycles. The predicted molar refractivity (Wildman–Crippen MR) is 118 cm³/mol. The standard InChI is InChI=1S/C24H29NO3Si/c1-26-29(27-2,20-24-16-10-5-11-17-24)28-21-25(18-22-12-6-3-7-13-22)19-23-14-8-4-9-15-23/h3-17H,18-21H2,1-2H3. The predicted octanol–water partition coefficient (Wildman–Crippen LogP) is 4.68. The number of rotatable bonds is 11. The quantitative estimate of drug-likeness (QED) is 0.341. The van der Waals surface area contributed by atoms with Crippen LogP contribution in [0.4, 0.5) is 0 Å². The van der Waals surface area contributed by atoms with Crippen molar-refractivity contribution in [2.75, 3.05) is 21.0 Å². The Kier molecular flexibility index (Phi) is 8.16. The third-order valence-electron chi connectivity index (χ3n) is 4.85. The number of hydrogen-bond donors (Lipinski definition) is 0. The fourth-order valence-electron chi connectivity index (χ4n) is 3.26. The highest BCUT2D eigenvalue weighted by Gasteiger charge is 2.39. The molecule has 0 unspecified atom stereocenters. The zero-order valence-electron chi connectivity index (χ0n) is 17.2. The Morgan fingerprint density at radius 1 is 0.621 bits per heavy atom. The van der Waals surface area contributed by atoms with Crippen molar-refractivity contribution >= 4 is 8.80 Å². The summed E-state index contributed by atoms with van der Waals surface area (Å²) < 4.78 is 18.0. The van der Waals surface area contributed by atoms with Gasteiger partial charge in [-0.05, 0) is 16.7 Å². The molecule has 0 N–H and O–H groups in total. The molecule has 0 radical (unpaired) electrons. The normalized spacial score (nSPS) is 11.7. The largest absolute Gasteiger partial charge is 0.506 e. The molecule has 0 amide bonds. The van der Waals surface area contributed by atoms with Crippen LogP contribution in [0.3, 0.4) is 0 Å². The highest BCUT2D eigenvalue weighted by Crippen LogP contribution is 2.18. The van der Waals surface area contributed by atoms with Gasteiger partial charge in [-0.1, -0.05) is 91.0 Å². The molecular weight excluding hydrogens is 378 g/mol. The second-order valence-corrected chi connectivity index (χ2v) is 9.81. The maximum atomic E-state index is 6.36. The summed E-state index contributed by atoms with van der Waals surface area (Å²) in [4.78, 5) is 2.27. The molecule has 0 saturated carbocycles. The van der Waals surface area contributed by atoms with Gasteiger partial charge in [-0.2, -0.15) is 0 Å². The summed E-state index contributed by atoms with van der Waals surface area (Å²) in [5.74, 6) is 0. The van der Waals surface area contributed by atoms with Gasteiger partial charge in [-0.15, -0.1) is 0 Å². The molecule has 5 heteroatoms. The van der Waals surface area contributed by atoms with Crippen molar-refractivity contribution in [1.82, 2.24) is 4.90 Å². The zero-order chi connectivity index (χ0) is 20.4. The second kappa shape index (κ2) is 11.0. The van der Waals surface area contributed by atoms with Gasteiger partial charge in [0, 0.05) is 33.4 Å². The lowest BCUT2D eigenvalue weighted by Crippen LogP contribution is -2.49. The van der Waals surface area contributed by atoms with Gasteiger partial charge in [0.2, 0.25) is 0 Å². The Hall–Kier alpha value is -2.28. The Labute approximate surface area is 175 Å². The first-order chi connectivity index (χ1) is 14.2. The molecule has 152 valence electrons. The van der Waals surface area contributed by atoms with Gasteiger partial charge in [0.25, 0.3) is 0 Å². The molecule has 0 aliphatic heterocycles. The summed E-state index contributed by atoms with van der Waals surface area (Å²) in [6.07, 6.45) is 0. The average Bonchev–Trinajstić information content (AvgIpc) is 2.78. The first kappa shape index (κ1) is 21.4. The summed E-state index contributed by atoms with van der Waals surface area (Å²) in [7, 11) is 0.533. The fraction of sp³-hybridized carbons (Fsp3) is 0.250. The summed E-state index contributed by atoms with van der Waals surface area (Å²) in [5, 5.41) is 0. The minimum Gasteiger partial charge on any atom is -0.377 e. The molecule has 0 heterocycles. The number of nitrogens with zero attached hydrogens (tertiary/aromatic N) is 1. The van der Waals surface area contributed by atoms with Crippen LogP contribution in [0.2, 0.25) is 0 Å². The maximum absolute atomic E-state index is 6.36. The Balaban J connectivity index is 1.72. The first-order valence-electron chi connectivity index (χ1n) is 9.81. The van der Waals surface area contributed by atoms with E-state index in [2.05, 4.69) is 65.6 Å². The van der Waals surface area contributed by atoms with E-state index in [1.54, 1.807) is 14.2 Å². The van der Waals surface area contributed by atoms with E-state index in [9.17, 15) is 0 Å². The number of benzene rings is 3. The molecule has 0 spiro atoms. The van der Waals surface area contributed by atoms with Crippen molar-refractivity contribution in [1.29, 1.82) is 0 Å². The van der Waals surface area contributed by atoms with E-state index in [0.29, 0.717) is 12.8 Å². The molecule has 3 aromatic rings. The van der Waals surface area contributed by atoms with Crippen LogP contribution in [0.1, 0.15) is 16.7 Å². The SMILES string of the molecule is CO[Si](Cc1ccccc1)(OC)OCN(Cc1ccccc1)Cc1ccccc1. The molecule has 3 rings (SSSR count). The Bertz CT molecular complexity index is 785. The minimum atomic E-state index is -2.82. The van der Waals surface area contributed by atoms with Crippen LogP contribution in [0, 0.1) is 0 Å². The van der Waals surface area contributed by atoms with Gasteiger partial charge in [-0.25, -0.2) is 0 Å². The van der Waals surface area contributed by atoms with E-state index in [4.69, 9.17) is 13.3 Å². The fourth-order valence-corrected chi connectivity index (χ4v) is 5.17. The topological polar surface area (TPSA) is 30.9 Å². The molecule has 0 saturated heterocycles. The van der Waals surface area contributed by atoms with E-state index < -0.39 is 8.80 Å². The molecule has 0 atom stereocenters. The van der Waals surface area contributed by atoms with E-state index in [1.165, 1.54) is 11.1 Å². The summed E-state index contributed by atoms with van der Waals surface area (Å²) >= 11 is 0. The molecule has 0 fully saturated rings. The van der Waals surface area contributed by atoms with Crippen LogP contribution in [0.25, 0.3) is 0 Å². The number of hydrogen-bond acceptors (Lipinski definition) is 4. The highest BCUT2D eigenvalue weighted by atomic mass is 28.4. The van der Waals surface area contributed by atoms with Gasteiger partial charge >= 0.3 is 8.80 Å².